The number of aromatic nitrogens is 2. The van der Waals surface area contributed by atoms with E-state index < -0.39 is 15.9 Å². The zero-order valence-corrected chi connectivity index (χ0v) is 35.9. The van der Waals surface area contributed by atoms with Crippen LogP contribution in [0, 0.1) is 12.3 Å². The number of aromatic amines is 1. The predicted molar refractivity (Wildman–Crippen MR) is 237 cm³/mol. The predicted octanol–water partition coefficient (Wildman–Crippen LogP) is 8.73. The lowest BCUT2D eigenvalue weighted by Crippen LogP contribution is -2.47. The van der Waals surface area contributed by atoms with E-state index in [0.717, 1.165) is 104 Å². The number of fused-ring (bicyclic) bond motifs is 1. The summed E-state index contributed by atoms with van der Waals surface area (Å²) in [7, 11) is -2.08. The summed E-state index contributed by atoms with van der Waals surface area (Å²) < 4.78 is 36.1. The molecule has 0 radical (unpaired) electrons. The van der Waals surface area contributed by atoms with Crippen LogP contribution in [0.3, 0.4) is 0 Å². The number of piperidine rings is 1. The van der Waals surface area contributed by atoms with Crippen molar-refractivity contribution in [1.29, 1.82) is 0 Å². The Hall–Kier alpha value is -4.88. The molecule has 2 aliphatic heterocycles. The Morgan fingerprint density at radius 3 is 2.46 bits per heavy atom. The van der Waals surface area contributed by atoms with E-state index >= 15 is 0 Å². The van der Waals surface area contributed by atoms with E-state index in [-0.39, 0.29) is 21.6 Å². The molecule has 13 heteroatoms. The molecule has 3 heterocycles. The van der Waals surface area contributed by atoms with Crippen LogP contribution in [0.15, 0.2) is 95.5 Å². The number of carbonyl (C=O) groups is 1. The molecule has 8 rings (SSSR count). The van der Waals surface area contributed by atoms with Gasteiger partial charge in [-0.1, -0.05) is 43.2 Å². The number of nitrogens with one attached hydrogen (secondary N) is 3. The van der Waals surface area contributed by atoms with Gasteiger partial charge in [-0.3, -0.25) is 14.8 Å². The second-order valence-corrected chi connectivity index (χ2v) is 19.3. The first-order valence-corrected chi connectivity index (χ1v) is 22.5. The van der Waals surface area contributed by atoms with Gasteiger partial charge in [0.1, 0.15) is 11.5 Å². The molecule has 0 unspecified atom stereocenters. The Kier molecular flexibility index (Phi) is 11.8. The summed E-state index contributed by atoms with van der Waals surface area (Å²) in [4.78, 5) is 21.1. The van der Waals surface area contributed by atoms with E-state index in [9.17, 15) is 13.2 Å². The van der Waals surface area contributed by atoms with Crippen molar-refractivity contribution < 1.29 is 17.9 Å². The van der Waals surface area contributed by atoms with Crippen molar-refractivity contribution in [3.8, 4) is 11.5 Å². The van der Waals surface area contributed by atoms with Gasteiger partial charge >= 0.3 is 0 Å². The van der Waals surface area contributed by atoms with Crippen LogP contribution >= 0.6 is 11.6 Å². The van der Waals surface area contributed by atoms with Crippen LogP contribution in [-0.4, -0.2) is 93.2 Å². The SMILES string of the molecule is Cc1cc(S(=O)(=O)NC(=O)c2ccc(N3CCN(CC4=C(c5ccc(Cl)cc5)CC(C)(C)CC4)CC3)cc2Oc2ccc3[nH]ncc3c2)ccc1NC1CCN(C)CC1. The van der Waals surface area contributed by atoms with Crippen LogP contribution < -0.4 is 19.7 Å². The minimum absolute atomic E-state index is 0.0210. The first-order chi connectivity index (χ1) is 28.3. The Balaban J connectivity index is 0.992. The number of likely N-dealkylation sites (tertiary alicyclic amines) is 1. The summed E-state index contributed by atoms with van der Waals surface area (Å²) in [6.07, 6.45) is 7.03. The molecule has 2 saturated heterocycles. The van der Waals surface area contributed by atoms with Gasteiger partial charge in [-0.25, -0.2) is 13.1 Å². The number of piperazine rings is 1. The van der Waals surface area contributed by atoms with Crippen molar-refractivity contribution in [3.63, 3.8) is 0 Å². The van der Waals surface area contributed by atoms with Gasteiger partial charge in [-0.15, -0.1) is 0 Å². The number of sulfonamides is 1. The zero-order valence-electron chi connectivity index (χ0n) is 34.4. The van der Waals surface area contributed by atoms with Gasteiger partial charge in [0.15, 0.2) is 0 Å². The van der Waals surface area contributed by atoms with Gasteiger partial charge in [-0.05, 0) is 142 Å². The smallest absolute Gasteiger partial charge is 0.268 e. The Morgan fingerprint density at radius 2 is 1.71 bits per heavy atom. The molecule has 4 aromatic carbocycles. The maximum absolute atomic E-state index is 13.9. The number of rotatable bonds is 11. The van der Waals surface area contributed by atoms with Gasteiger partial charge in [0, 0.05) is 66.6 Å². The van der Waals surface area contributed by atoms with Crippen LogP contribution in [-0.2, 0) is 10.0 Å². The average molecular weight is 837 g/mol. The molecular formula is C46H54ClN7O4S. The fraction of sp³-hybridized carbons (Fsp3) is 0.391. The topological polar surface area (TPSA) is 123 Å². The number of benzene rings is 4. The number of hydrogen-bond donors (Lipinski definition) is 3. The highest BCUT2D eigenvalue weighted by Crippen LogP contribution is 2.43. The number of H-pyrrole nitrogens is 1. The van der Waals surface area contributed by atoms with Gasteiger partial charge in [-0.2, -0.15) is 5.10 Å². The van der Waals surface area contributed by atoms with E-state index in [1.54, 1.807) is 36.5 Å². The van der Waals surface area contributed by atoms with Crippen molar-refractivity contribution in [1.82, 2.24) is 24.7 Å². The number of allylic oxidation sites excluding steroid dienone is 1. The van der Waals surface area contributed by atoms with E-state index in [4.69, 9.17) is 16.3 Å². The summed E-state index contributed by atoms with van der Waals surface area (Å²) in [5, 5.41) is 12.2. The Bertz CT molecular complexity index is 2470. The maximum Gasteiger partial charge on any atom is 0.268 e. The maximum atomic E-state index is 13.9. The second kappa shape index (κ2) is 17.0. The lowest BCUT2D eigenvalue weighted by molar-refractivity contribution is 0.0979. The number of anilines is 2. The largest absolute Gasteiger partial charge is 0.456 e. The molecule has 310 valence electrons. The van der Waals surface area contributed by atoms with E-state index in [0.29, 0.717) is 11.8 Å². The van der Waals surface area contributed by atoms with Crippen LogP contribution in [0.25, 0.3) is 16.5 Å². The van der Waals surface area contributed by atoms with Crippen LogP contribution in [0.1, 0.15) is 67.4 Å². The third-order valence-corrected chi connectivity index (χ3v) is 13.8. The molecule has 11 nitrogen and oxygen atoms in total. The van der Waals surface area contributed by atoms with Gasteiger partial charge in [0.25, 0.3) is 15.9 Å². The number of ether oxygens (including phenoxy) is 1. The highest BCUT2D eigenvalue weighted by molar-refractivity contribution is 7.90. The molecule has 0 atom stereocenters. The fourth-order valence-corrected chi connectivity index (χ4v) is 9.74. The summed E-state index contributed by atoms with van der Waals surface area (Å²) >= 11 is 6.25. The lowest BCUT2D eigenvalue weighted by Gasteiger charge is -2.39. The molecule has 59 heavy (non-hydrogen) atoms. The molecule has 3 N–H and O–H groups in total. The number of nitrogens with zero attached hydrogens (tertiary/aromatic N) is 4. The number of hydrogen-bond acceptors (Lipinski definition) is 9. The normalized spacial score (nSPS) is 18.3. The van der Waals surface area contributed by atoms with Crippen LogP contribution in [0.2, 0.25) is 5.02 Å². The first-order valence-electron chi connectivity index (χ1n) is 20.6. The van der Waals surface area contributed by atoms with E-state index in [1.165, 1.54) is 23.1 Å². The Morgan fingerprint density at radius 1 is 0.949 bits per heavy atom. The summed E-state index contributed by atoms with van der Waals surface area (Å²) in [5.41, 5.74) is 8.01. The van der Waals surface area contributed by atoms with Gasteiger partial charge in [0.05, 0.1) is 22.2 Å². The van der Waals surface area contributed by atoms with E-state index in [2.05, 4.69) is 68.0 Å². The molecule has 0 spiro atoms. The number of carbonyl (C=O) groups excluding carboxylic acids is 1. The third-order valence-electron chi connectivity index (χ3n) is 12.2. The average Bonchev–Trinajstić information content (AvgIpc) is 3.69. The monoisotopic (exact) mass is 835 g/mol. The quantitative estimate of drug-likeness (QED) is 0.120. The lowest BCUT2D eigenvalue weighted by atomic mass is 9.72. The standard InChI is InChI=1S/C46H54ClN7O4S/c1-31-25-39(11-14-42(31)49-36-16-19-52(4)20-17-36)59(56,57)51-45(55)40-12-9-37(27-44(40)58-38-10-13-43-34(26-38)29-48-50-43)54-23-21-53(22-24-54)30-33-15-18-46(2,3)28-41(33)32-5-7-35(47)8-6-32/h5-14,25-27,29,36,49H,15-24,28,30H2,1-4H3,(H,48,50)(H,51,55). The first kappa shape index (κ1) is 40.9. The number of halogens is 1. The fourth-order valence-electron chi connectivity index (χ4n) is 8.56. The molecule has 1 amide bonds. The summed E-state index contributed by atoms with van der Waals surface area (Å²) in [6, 6.07) is 24.4. The molecule has 5 aromatic rings. The van der Waals surface area contributed by atoms with Gasteiger partial charge in [0.2, 0.25) is 0 Å². The van der Waals surface area contributed by atoms with Crippen molar-refractivity contribution in [3.05, 3.63) is 112 Å². The van der Waals surface area contributed by atoms with E-state index in [1.807, 2.05) is 43.3 Å². The molecule has 1 aliphatic carbocycles. The van der Waals surface area contributed by atoms with Crippen LogP contribution in [0.5, 0.6) is 11.5 Å². The molecule has 0 saturated carbocycles. The molecule has 3 aliphatic rings. The third kappa shape index (κ3) is 9.62. The van der Waals surface area contributed by atoms with Crippen molar-refractivity contribution in [2.75, 3.05) is 63.1 Å². The second-order valence-electron chi connectivity index (χ2n) is 17.2. The van der Waals surface area contributed by atoms with Crippen molar-refractivity contribution in [2.45, 2.75) is 63.8 Å². The van der Waals surface area contributed by atoms with Crippen LogP contribution in [0.4, 0.5) is 11.4 Å². The molecular weight excluding hydrogens is 782 g/mol. The minimum Gasteiger partial charge on any atom is -0.456 e. The highest BCUT2D eigenvalue weighted by Gasteiger charge is 2.30. The number of amides is 1. The molecule has 0 bridgehead atoms. The summed E-state index contributed by atoms with van der Waals surface area (Å²) in [5.74, 6) is -0.00852. The molecule has 2 fully saturated rings. The minimum atomic E-state index is -4.21. The zero-order chi connectivity index (χ0) is 41.3. The Labute approximate surface area is 352 Å². The highest BCUT2D eigenvalue weighted by atomic mass is 35.5. The summed E-state index contributed by atoms with van der Waals surface area (Å²) in [6.45, 7) is 12.9. The number of aryl methyl sites for hydroxylation is 1. The van der Waals surface area contributed by atoms with Crippen molar-refractivity contribution >= 4 is 55.4 Å². The van der Waals surface area contributed by atoms with Crippen molar-refractivity contribution in [2.24, 2.45) is 5.41 Å². The molecule has 1 aromatic heterocycles. The van der Waals surface area contributed by atoms with Gasteiger partial charge < -0.3 is 19.9 Å².